The Morgan fingerprint density at radius 1 is 1.35 bits per heavy atom. The zero-order valence-corrected chi connectivity index (χ0v) is 10.6. The van der Waals surface area contributed by atoms with Crippen molar-refractivity contribution >= 4 is 28.1 Å². The Kier molecular flexibility index (Phi) is 2.69. The van der Waals surface area contributed by atoms with E-state index < -0.39 is 0 Å². The van der Waals surface area contributed by atoms with Crippen LogP contribution in [-0.4, -0.2) is 30.0 Å². The Balaban J connectivity index is 2.11. The molecular formula is C14H15ClN2. The van der Waals surface area contributed by atoms with E-state index in [9.17, 15) is 0 Å². The van der Waals surface area contributed by atoms with Crippen LogP contribution in [0, 0.1) is 0 Å². The van der Waals surface area contributed by atoms with Gasteiger partial charge in [0.05, 0.1) is 0 Å². The van der Waals surface area contributed by atoms with E-state index in [0.717, 1.165) is 30.0 Å². The van der Waals surface area contributed by atoms with Gasteiger partial charge >= 0.3 is 0 Å². The molecule has 0 amide bonds. The number of nitrogens with one attached hydrogen (secondary N) is 1. The van der Waals surface area contributed by atoms with Gasteiger partial charge in [-0.15, -0.1) is 0 Å². The molecule has 1 N–H and O–H groups in total. The molecule has 3 rings (SSSR count). The highest BCUT2D eigenvalue weighted by Crippen LogP contribution is 2.29. The Bertz CT molecular complexity index is 583. The molecule has 88 valence electrons. The quantitative estimate of drug-likeness (QED) is 0.816. The van der Waals surface area contributed by atoms with Crippen molar-refractivity contribution in [3.8, 4) is 0 Å². The lowest BCUT2D eigenvalue weighted by Crippen LogP contribution is -2.24. The summed E-state index contributed by atoms with van der Waals surface area (Å²) in [5, 5.41) is 2.02. The van der Waals surface area contributed by atoms with Crippen molar-refractivity contribution in [2.24, 2.45) is 0 Å². The highest BCUT2D eigenvalue weighted by Gasteiger charge is 2.13. The van der Waals surface area contributed by atoms with Gasteiger partial charge in [-0.05, 0) is 37.2 Å². The van der Waals surface area contributed by atoms with E-state index in [1.165, 1.54) is 16.5 Å². The number of hydrogen-bond donors (Lipinski definition) is 1. The summed E-state index contributed by atoms with van der Waals surface area (Å²) >= 11 is 6.07. The van der Waals surface area contributed by atoms with Crippen molar-refractivity contribution in [3.63, 3.8) is 0 Å². The molecule has 0 saturated heterocycles. The number of hydrogen-bond acceptors (Lipinski definition) is 1. The van der Waals surface area contributed by atoms with E-state index >= 15 is 0 Å². The Hall–Kier alpha value is -1.25. The summed E-state index contributed by atoms with van der Waals surface area (Å²) in [4.78, 5) is 5.66. The molecule has 3 heteroatoms. The average molecular weight is 247 g/mol. The normalized spacial score (nSPS) is 17.4. The van der Waals surface area contributed by atoms with Gasteiger partial charge in [-0.3, -0.25) is 0 Å². The number of aromatic nitrogens is 1. The van der Waals surface area contributed by atoms with Crippen LogP contribution in [0.1, 0.15) is 12.0 Å². The largest absolute Gasteiger partial charge is 0.361 e. The van der Waals surface area contributed by atoms with Crippen molar-refractivity contribution in [2.45, 2.75) is 6.42 Å². The lowest BCUT2D eigenvalue weighted by molar-refractivity contribution is 0.373. The molecule has 0 fully saturated rings. The van der Waals surface area contributed by atoms with E-state index in [0.29, 0.717) is 0 Å². The van der Waals surface area contributed by atoms with Crippen molar-refractivity contribution in [3.05, 3.63) is 41.1 Å². The SMILES string of the molecule is CN1CCC=C(c2c[nH]c3ccc(Cl)cc23)C1. The fourth-order valence-electron chi connectivity index (χ4n) is 2.45. The van der Waals surface area contributed by atoms with Gasteiger partial charge in [0.15, 0.2) is 0 Å². The van der Waals surface area contributed by atoms with Crippen LogP contribution in [-0.2, 0) is 0 Å². The van der Waals surface area contributed by atoms with E-state index in [2.05, 4.69) is 29.2 Å². The molecule has 0 atom stereocenters. The fourth-order valence-corrected chi connectivity index (χ4v) is 2.62. The van der Waals surface area contributed by atoms with Crippen LogP contribution in [0.3, 0.4) is 0 Å². The second-order valence-electron chi connectivity index (χ2n) is 4.65. The summed E-state index contributed by atoms with van der Waals surface area (Å²) in [5.74, 6) is 0. The summed E-state index contributed by atoms with van der Waals surface area (Å²) in [6, 6.07) is 6.00. The second kappa shape index (κ2) is 4.21. The lowest BCUT2D eigenvalue weighted by Gasteiger charge is -2.22. The molecule has 0 aliphatic carbocycles. The van der Waals surface area contributed by atoms with Crippen LogP contribution in [0.2, 0.25) is 5.02 Å². The zero-order chi connectivity index (χ0) is 11.8. The fraction of sp³-hybridized carbons (Fsp3) is 0.286. The van der Waals surface area contributed by atoms with Gasteiger partial charge < -0.3 is 9.88 Å². The summed E-state index contributed by atoms with van der Waals surface area (Å²) in [7, 11) is 2.16. The predicted molar refractivity (Wildman–Crippen MR) is 73.4 cm³/mol. The van der Waals surface area contributed by atoms with E-state index in [1.807, 2.05) is 18.2 Å². The number of aromatic amines is 1. The number of likely N-dealkylation sites (N-methyl/N-ethyl adjacent to an activating group) is 1. The maximum atomic E-state index is 6.07. The molecule has 1 aromatic carbocycles. The molecule has 0 bridgehead atoms. The van der Waals surface area contributed by atoms with E-state index in [1.54, 1.807) is 0 Å². The highest BCUT2D eigenvalue weighted by molar-refractivity contribution is 6.31. The number of fused-ring (bicyclic) bond motifs is 1. The van der Waals surface area contributed by atoms with Gasteiger partial charge in [-0.25, -0.2) is 0 Å². The summed E-state index contributed by atoms with van der Waals surface area (Å²) in [5.41, 5.74) is 3.83. The highest BCUT2D eigenvalue weighted by atomic mass is 35.5. The minimum Gasteiger partial charge on any atom is -0.361 e. The second-order valence-corrected chi connectivity index (χ2v) is 5.08. The van der Waals surface area contributed by atoms with Crippen molar-refractivity contribution in [1.82, 2.24) is 9.88 Å². The molecule has 0 spiro atoms. The van der Waals surface area contributed by atoms with Gasteiger partial charge in [0.2, 0.25) is 0 Å². The van der Waals surface area contributed by atoms with Crippen LogP contribution < -0.4 is 0 Å². The minimum atomic E-state index is 0.795. The van der Waals surface area contributed by atoms with Gasteiger partial charge in [0.1, 0.15) is 0 Å². The number of halogens is 1. The Morgan fingerprint density at radius 3 is 3.06 bits per heavy atom. The third-order valence-corrected chi connectivity index (χ3v) is 3.57. The van der Waals surface area contributed by atoms with Gasteiger partial charge in [-0.1, -0.05) is 17.7 Å². The third-order valence-electron chi connectivity index (χ3n) is 3.33. The molecule has 1 aliphatic heterocycles. The number of nitrogens with zero attached hydrogens (tertiary/aromatic N) is 1. The molecular weight excluding hydrogens is 232 g/mol. The monoisotopic (exact) mass is 246 g/mol. The van der Waals surface area contributed by atoms with E-state index in [-0.39, 0.29) is 0 Å². The zero-order valence-electron chi connectivity index (χ0n) is 9.83. The molecule has 1 aliphatic rings. The topological polar surface area (TPSA) is 19.0 Å². The smallest absolute Gasteiger partial charge is 0.0461 e. The predicted octanol–water partition coefficient (Wildman–Crippen LogP) is 3.54. The van der Waals surface area contributed by atoms with Crippen LogP contribution in [0.25, 0.3) is 16.5 Å². The van der Waals surface area contributed by atoms with E-state index in [4.69, 9.17) is 11.6 Å². The van der Waals surface area contributed by atoms with Crippen LogP contribution in [0.4, 0.5) is 0 Å². The number of H-pyrrole nitrogens is 1. The summed E-state index contributed by atoms with van der Waals surface area (Å²) in [6.07, 6.45) is 5.55. The molecule has 0 radical (unpaired) electrons. The summed E-state index contributed by atoms with van der Waals surface area (Å²) < 4.78 is 0. The van der Waals surface area contributed by atoms with Crippen molar-refractivity contribution in [1.29, 1.82) is 0 Å². The first-order valence-electron chi connectivity index (χ1n) is 5.88. The van der Waals surface area contributed by atoms with Gasteiger partial charge in [-0.2, -0.15) is 0 Å². The number of rotatable bonds is 1. The third kappa shape index (κ3) is 1.99. The van der Waals surface area contributed by atoms with Crippen molar-refractivity contribution in [2.75, 3.05) is 20.1 Å². The average Bonchev–Trinajstić information content (AvgIpc) is 2.71. The lowest BCUT2D eigenvalue weighted by atomic mass is 10.0. The van der Waals surface area contributed by atoms with Crippen LogP contribution in [0.5, 0.6) is 0 Å². The van der Waals surface area contributed by atoms with Crippen molar-refractivity contribution < 1.29 is 0 Å². The van der Waals surface area contributed by atoms with Crippen LogP contribution in [0.15, 0.2) is 30.5 Å². The first kappa shape index (κ1) is 10.9. The minimum absolute atomic E-state index is 0.795. The molecule has 1 aromatic heterocycles. The molecule has 0 unspecified atom stereocenters. The standard InChI is InChI=1S/C14H15ClN2/c1-17-6-2-3-10(9-17)13-8-16-14-5-4-11(15)7-12(13)14/h3-5,7-8,16H,2,6,9H2,1H3. The maximum Gasteiger partial charge on any atom is 0.0461 e. The molecule has 2 aromatic rings. The maximum absolute atomic E-state index is 6.07. The molecule has 2 nitrogen and oxygen atoms in total. The molecule has 2 heterocycles. The molecule has 0 saturated carbocycles. The summed E-state index contributed by atoms with van der Waals surface area (Å²) in [6.45, 7) is 2.16. The Morgan fingerprint density at radius 2 is 2.24 bits per heavy atom. The van der Waals surface area contributed by atoms with Gasteiger partial charge in [0, 0.05) is 40.8 Å². The first-order chi connectivity index (χ1) is 8.24. The Labute approximate surface area is 106 Å². The van der Waals surface area contributed by atoms with Gasteiger partial charge in [0.25, 0.3) is 0 Å². The molecule has 17 heavy (non-hydrogen) atoms. The first-order valence-corrected chi connectivity index (χ1v) is 6.26. The number of benzene rings is 1. The van der Waals surface area contributed by atoms with Crippen LogP contribution >= 0.6 is 11.6 Å².